The molecular formula is C20H21N3O3. The number of nitrogens with one attached hydrogen (secondary N) is 1. The summed E-state index contributed by atoms with van der Waals surface area (Å²) in [6.45, 7) is 2.01. The number of hydrogen-bond donors (Lipinski definition) is 2. The van der Waals surface area contributed by atoms with E-state index in [2.05, 4.69) is 5.32 Å². The second kappa shape index (κ2) is 7.49. The van der Waals surface area contributed by atoms with Gasteiger partial charge in [-0.05, 0) is 36.6 Å². The lowest BCUT2D eigenvalue weighted by Crippen LogP contribution is -2.50. The number of amides is 2. The Morgan fingerprint density at radius 2 is 1.85 bits per heavy atom. The van der Waals surface area contributed by atoms with Crippen molar-refractivity contribution in [2.45, 2.75) is 25.9 Å². The van der Waals surface area contributed by atoms with E-state index in [0.29, 0.717) is 24.2 Å². The summed E-state index contributed by atoms with van der Waals surface area (Å²) in [6.07, 6.45) is 0.499. The average Bonchev–Trinajstić information content (AvgIpc) is 2.61. The van der Waals surface area contributed by atoms with E-state index in [1.165, 1.54) is 6.92 Å². The summed E-state index contributed by atoms with van der Waals surface area (Å²) in [5.74, 6) is -0.759. The Bertz CT molecular complexity index is 863. The first-order chi connectivity index (χ1) is 12.4. The number of nitrogens with two attached hydrogens (primary N) is 1. The Morgan fingerprint density at radius 3 is 2.54 bits per heavy atom. The quantitative estimate of drug-likeness (QED) is 0.803. The molecule has 6 nitrogen and oxygen atoms in total. The van der Waals surface area contributed by atoms with Crippen molar-refractivity contribution >= 4 is 23.3 Å². The number of Topliss-reactive ketones (excluding diaryl/α,β-unsaturated/α-hetero) is 1. The molecule has 1 heterocycles. The fraction of sp³-hybridized carbons (Fsp3) is 0.250. The molecule has 0 spiro atoms. The van der Waals surface area contributed by atoms with E-state index in [1.807, 2.05) is 24.3 Å². The van der Waals surface area contributed by atoms with Gasteiger partial charge in [-0.15, -0.1) is 0 Å². The molecule has 2 aromatic carbocycles. The van der Waals surface area contributed by atoms with Crippen LogP contribution in [0.2, 0.25) is 0 Å². The van der Waals surface area contributed by atoms with E-state index in [0.717, 1.165) is 11.1 Å². The van der Waals surface area contributed by atoms with E-state index < -0.39 is 11.9 Å². The van der Waals surface area contributed by atoms with Crippen molar-refractivity contribution in [1.82, 2.24) is 4.90 Å². The average molecular weight is 351 g/mol. The Balaban J connectivity index is 1.72. The predicted molar refractivity (Wildman–Crippen MR) is 98.6 cm³/mol. The highest BCUT2D eigenvalue weighted by Gasteiger charge is 2.31. The van der Waals surface area contributed by atoms with Crippen LogP contribution in [0.4, 0.5) is 5.69 Å². The van der Waals surface area contributed by atoms with Gasteiger partial charge in [0, 0.05) is 17.8 Å². The van der Waals surface area contributed by atoms with Gasteiger partial charge in [0.25, 0.3) is 0 Å². The van der Waals surface area contributed by atoms with Crippen LogP contribution in [0.25, 0.3) is 0 Å². The standard InChI is InChI=1S/C20H21N3O3/c1-13(24)14-7-4-8-17(9-14)22-19(25)12-23-11-16-6-3-2-5-15(16)10-18(23)20(21)26/h2-9,18H,10-12H2,1H3,(H2,21,26)(H,22,25)/t18-/m0/s1. The molecule has 0 saturated carbocycles. The molecule has 0 bridgehead atoms. The number of carbonyl (C=O) groups excluding carboxylic acids is 3. The van der Waals surface area contributed by atoms with Gasteiger partial charge in [-0.25, -0.2) is 0 Å². The maximum Gasteiger partial charge on any atom is 0.238 e. The molecule has 1 aliphatic heterocycles. The van der Waals surface area contributed by atoms with Crippen LogP contribution in [0.5, 0.6) is 0 Å². The molecule has 6 heteroatoms. The van der Waals surface area contributed by atoms with Gasteiger partial charge in [0.05, 0.1) is 12.6 Å². The molecule has 3 rings (SSSR count). The van der Waals surface area contributed by atoms with Crippen LogP contribution in [0, 0.1) is 0 Å². The summed E-state index contributed by atoms with van der Waals surface area (Å²) in [7, 11) is 0. The third-order valence-corrected chi connectivity index (χ3v) is 4.57. The molecular weight excluding hydrogens is 330 g/mol. The second-order valence-electron chi connectivity index (χ2n) is 6.48. The number of carbonyl (C=O) groups is 3. The molecule has 1 aliphatic rings. The summed E-state index contributed by atoms with van der Waals surface area (Å²) in [6, 6.07) is 14.1. The highest BCUT2D eigenvalue weighted by Crippen LogP contribution is 2.23. The van der Waals surface area contributed by atoms with Crippen LogP contribution in [-0.2, 0) is 22.6 Å². The number of primary amides is 1. The predicted octanol–water partition coefficient (Wildman–Crippen LogP) is 1.74. The minimum atomic E-state index is -0.515. The largest absolute Gasteiger partial charge is 0.368 e. The Hall–Kier alpha value is -2.99. The summed E-state index contributed by atoms with van der Waals surface area (Å²) >= 11 is 0. The monoisotopic (exact) mass is 351 g/mol. The summed E-state index contributed by atoms with van der Waals surface area (Å²) < 4.78 is 0. The van der Waals surface area contributed by atoms with Crippen LogP contribution >= 0.6 is 0 Å². The molecule has 0 fully saturated rings. The molecule has 0 unspecified atom stereocenters. The van der Waals surface area contributed by atoms with Gasteiger partial charge >= 0.3 is 0 Å². The van der Waals surface area contributed by atoms with Gasteiger partial charge in [-0.1, -0.05) is 36.4 Å². The third-order valence-electron chi connectivity index (χ3n) is 4.57. The second-order valence-corrected chi connectivity index (χ2v) is 6.48. The lowest BCUT2D eigenvalue weighted by Gasteiger charge is -2.34. The highest BCUT2D eigenvalue weighted by atomic mass is 16.2. The molecule has 0 saturated heterocycles. The molecule has 26 heavy (non-hydrogen) atoms. The summed E-state index contributed by atoms with van der Waals surface area (Å²) in [4.78, 5) is 37.5. The van der Waals surface area contributed by atoms with Crippen LogP contribution < -0.4 is 11.1 Å². The number of anilines is 1. The smallest absolute Gasteiger partial charge is 0.238 e. The van der Waals surface area contributed by atoms with Gasteiger partial charge in [-0.3, -0.25) is 19.3 Å². The summed E-state index contributed by atoms with van der Waals surface area (Å²) in [5.41, 5.74) is 8.81. The highest BCUT2D eigenvalue weighted by molar-refractivity contribution is 5.97. The van der Waals surface area contributed by atoms with Crippen molar-refractivity contribution in [3.8, 4) is 0 Å². The Kier molecular flexibility index (Phi) is 5.14. The van der Waals surface area contributed by atoms with Crippen LogP contribution in [0.1, 0.15) is 28.4 Å². The third kappa shape index (κ3) is 3.97. The topological polar surface area (TPSA) is 92.5 Å². The SMILES string of the molecule is CC(=O)c1cccc(NC(=O)CN2Cc3ccccc3C[C@H]2C(N)=O)c1. The number of fused-ring (bicyclic) bond motifs is 1. The van der Waals surface area contributed by atoms with E-state index in [-0.39, 0.29) is 18.2 Å². The molecule has 2 amide bonds. The molecule has 0 aliphatic carbocycles. The van der Waals surface area contributed by atoms with E-state index >= 15 is 0 Å². The first-order valence-electron chi connectivity index (χ1n) is 8.45. The zero-order chi connectivity index (χ0) is 18.7. The van der Waals surface area contributed by atoms with Crippen molar-refractivity contribution in [1.29, 1.82) is 0 Å². The van der Waals surface area contributed by atoms with Gasteiger partial charge in [0.2, 0.25) is 11.8 Å². The van der Waals surface area contributed by atoms with Crippen molar-refractivity contribution in [2.24, 2.45) is 5.73 Å². The van der Waals surface area contributed by atoms with Crippen molar-refractivity contribution in [3.05, 3.63) is 65.2 Å². The number of nitrogens with zero attached hydrogens (tertiary/aromatic N) is 1. The van der Waals surface area contributed by atoms with Crippen molar-refractivity contribution in [3.63, 3.8) is 0 Å². The van der Waals surface area contributed by atoms with Gasteiger partial charge < -0.3 is 11.1 Å². The Morgan fingerprint density at radius 1 is 1.12 bits per heavy atom. The number of benzene rings is 2. The molecule has 3 N–H and O–H groups in total. The first kappa shape index (κ1) is 17.8. The molecule has 0 radical (unpaired) electrons. The zero-order valence-corrected chi connectivity index (χ0v) is 14.6. The van der Waals surface area contributed by atoms with Crippen molar-refractivity contribution < 1.29 is 14.4 Å². The fourth-order valence-corrected chi connectivity index (χ4v) is 3.22. The minimum Gasteiger partial charge on any atom is -0.368 e. The molecule has 0 aromatic heterocycles. The zero-order valence-electron chi connectivity index (χ0n) is 14.6. The fourth-order valence-electron chi connectivity index (χ4n) is 3.22. The Labute approximate surface area is 152 Å². The number of ketones is 1. The molecule has 134 valence electrons. The lowest BCUT2D eigenvalue weighted by molar-refractivity contribution is -0.125. The minimum absolute atomic E-state index is 0.0479. The number of rotatable bonds is 5. The van der Waals surface area contributed by atoms with E-state index in [1.54, 1.807) is 29.2 Å². The normalized spacial score (nSPS) is 16.6. The molecule has 1 atom stereocenters. The lowest BCUT2D eigenvalue weighted by atomic mass is 9.93. The number of hydrogen-bond acceptors (Lipinski definition) is 4. The summed E-state index contributed by atoms with van der Waals surface area (Å²) in [5, 5.41) is 2.78. The van der Waals surface area contributed by atoms with E-state index in [9.17, 15) is 14.4 Å². The maximum absolute atomic E-state index is 12.5. The van der Waals surface area contributed by atoms with Gasteiger partial charge in [-0.2, -0.15) is 0 Å². The first-order valence-corrected chi connectivity index (χ1v) is 8.45. The van der Waals surface area contributed by atoms with Crippen LogP contribution in [0.3, 0.4) is 0 Å². The van der Waals surface area contributed by atoms with Gasteiger partial charge in [0.15, 0.2) is 5.78 Å². The van der Waals surface area contributed by atoms with Gasteiger partial charge in [0.1, 0.15) is 0 Å². The van der Waals surface area contributed by atoms with Crippen molar-refractivity contribution in [2.75, 3.05) is 11.9 Å². The maximum atomic E-state index is 12.5. The van der Waals surface area contributed by atoms with E-state index in [4.69, 9.17) is 5.73 Å². The molecule has 2 aromatic rings. The van der Waals surface area contributed by atoms with Crippen LogP contribution in [0.15, 0.2) is 48.5 Å². The van der Waals surface area contributed by atoms with Crippen LogP contribution in [-0.4, -0.2) is 35.1 Å².